The molecule has 1 amide bonds. The summed E-state index contributed by atoms with van der Waals surface area (Å²) in [6.45, 7) is 0.692. The highest BCUT2D eigenvalue weighted by Crippen LogP contribution is 2.12. The van der Waals surface area contributed by atoms with E-state index in [1.54, 1.807) is 7.05 Å². The van der Waals surface area contributed by atoms with Gasteiger partial charge >= 0.3 is 0 Å². The van der Waals surface area contributed by atoms with Crippen LogP contribution in [0.5, 0.6) is 0 Å². The van der Waals surface area contributed by atoms with Crippen LogP contribution in [0.2, 0.25) is 0 Å². The molecular formula is C8H10N2O2. The van der Waals surface area contributed by atoms with Gasteiger partial charge in [0.15, 0.2) is 0 Å². The second-order valence-electron chi connectivity index (χ2n) is 2.58. The highest BCUT2D eigenvalue weighted by molar-refractivity contribution is 5.93. The Bertz CT molecular complexity index is 252. The van der Waals surface area contributed by atoms with Crippen molar-refractivity contribution in [3.63, 3.8) is 0 Å². The van der Waals surface area contributed by atoms with Crippen molar-refractivity contribution in [3.8, 4) is 6.07 Å². The first-order valence-electron chi connectivity index (χ1n) is 3.68. The van der Waals surface area contributed by atoms with Crippen LogP contribution in [0.4, 0.5) is 0 Å². The third-order valence-electron chi connectivity index (χ3n) is 1.64. The van der Waals surface area contributed by atoms with E-state index < -0.39 is 0 Å². The van der Waals surface area contributed by atoms with Crippen LogP contribution in [0.15, 0.2) is 11.8 Å². The highest BCUT2D eigenvalue weighted by atomic mass is 16.5. The van der Waals surface area contributed by atoms with Crippen molar-refractivity contribution in [3.05, 3.63) is 11.8 Å². The first-order chi connectivity index (χ1) is 5.75. The molecule has 64 valence electrons. The molecule has 0 aromatic rings. The maximum atomic E-state index is 11.4. The molecule has 1 rings (SSSR count). The molecule has 0 fully saturated rings. The largest absolute Gasteiger partial charge is 0.500 e. The molecule has 1 aliphatic heterocycles. The molecule has 12 heavy (non-hydrogen) atoms. The van der Waals surface area contributed by atoms with Gasteiger partial charge in [0.1, 0.15) is 6.54 Å². The molecule has 1 heterocycles. The number of nitrogens with zero attached hydrogens (tertiary/aromatic N) is 2. The SMILES string of the molecule is CN(CC#N)C(=O)C1=COCC1. The van der Waals surface area contributed by atoms with Crippen LogP contribution in [-0.4, -0.2) is 31.0 Å². The molecule has 0 saturated carbocycles. The monoisotopic (exact) mass is 166 g/mol. The van der Waals surface area contributed by atoms with Crippen LogP contribution < -0.4 is 0 Å². The number of carbonyl (C=O) groups excluding carboxylic acids is 1. The molecule has 4 heteroatoms. The molecule has 4 nitrogen and oxygen atoms in total. The van der Waals surface area contributed by atoms with Crippen LogP contribution in [0.1, 0.15) is 6.42 Å². The Kier molecular flexibility index (Phi) is 2.70. The predicted octanol–water partition coefficient (Wildman–Crippen LogP) is 0.273. The van der Waals surface area contributed by atoms with E-state index in [4.69, 9.17) is 10.00 Å². The Morgan fingerprint density at radius 1 is 1.92 bits per heavy atom. The Balaban J connectivity index is 2.53. The zero-order valence-electron chi connectivity index (χ0n) is 6.91. The number of hydrogen-bond donors (Lipinski definition) is 0. The second-order valence-corrected chi connectivity index (χ2v) is 2.58. The third-order valence-corrected chi connectivity index (χ3v) is 1.64. The summed E-state index contributed by atoms with van der Waals surface area (Å²) in [5.41, 5.74) is 0.646. The number of nitriles is 1. The van der Waals surface area contributed by atoms with Crippen molar-refractivity contribution in [2.24, 2.45) is 0 Å². The number of ether oxygens (including phenoxy) is 1. The number of likely N-dealkylation sites (N-methyl/N-ethyl adjacent to an activating group) is 1. The van der Waals surface area contributed by atoms with Gasteiger partial charge < -0.3 is 9.64 Å². The lowest BCUT2D eigenvalue weighted by molar-refractivity contribution is -0.125. The number of rotatable bonds is 2. The van der Waals surface area contributed by atoms with Crippen LogP contribution in [0.25, 0.3) is 0 Å². The molecule has 0 aromatic carbocycles. The van der Waals surface area contributed by atoms with Gasteiger partial charge in [0.25, 0.3) is 5.91 Å². The standard InChI is InChI=1S/C8H10N2O2/c1-10(4-3-9)8(11)7-2-5-12-6-7/h6H,2,4-5H2,1H3. The fourth-order valence-electron chi connectivity index (χ4n) is 0.968. The van der Waals surface area contributed by atoms with Gasteiger partial charge in [-0.25, -0.2) is 0 Å². The van der Waals surface area contributed by atoms with Gasteiger partial charge in [-0.2, -0.15) is 5.26 Å². The fourth-order valence-corrected chi connectivity index (χ4v) is 0.968. The number of amides is 1. The normalized spacial score (nSPS) is 14.5. The van der Waals surface area contributed by atoms with E-state index in [-0.39, 0.29) is 12.5 Å². The summed E-state index contributed by atoms with van der Waals surface area (Å²) in [6.07, 6.45) is 2.12. The van der Waals surface area contributed by atoms with Gasteiger partial charge in [-0.15, -0.1) is 0 Å². The lowest BCUT2D eigenvalue weighted by Gasteiger charge is -2.11. The Morgan fingerprint density at radius 2 is 2.67 bits per heavy atom. The van der Waals surface area contributed by atoms with Gasteiger partial charge in [-0.1, -0.05) is 0 Å². The molecule has 0 aromatic heterocycles. The lowest BCUT2D eigenvalue weighted by atomic mass is 10.2. The summed E-state index contributed by atoms with van der Waals surface area (Å²) in [5.74, 6) is -0.117. The van der Waals surface area contributed by atoms with Gasteiger partial charge in [-0.05, 0) is 0 Å². The number of hydrogen-bond acceptors (Lipinski definition) is 3. The van der Waals surface area contributed by atoms with Gasteiger partial charge in [0, 0.05) is 13.5 Å². The quantitative estimate of drug-likeness (QED) is 0.553. The zero-order valence-corrected chi connectivity index (χ0v) is 6.91. The Hall–Kier alpha value is -1.50. The van der Waals surface area contributed by atoms with Crippen molar-refractivity contribution in [2.45, 2.75) is 6.42 Å². The average molecular weight is 166 g/mol. The molecule has 0 N–H and O–H groups in total. The van der Waals surface area contributed by atoms with Gasteiger partial charge in [0.05, 0.1) is 24.5 Å². The molecule has 0 saturated heterocycles. The second kappa shape index (κ2) is 3.77. The van der Waals surface area contributed by atoms with Crippen LogP contribution in [0.3, 0.4) is 0 Å². The fraction of sp³-hybridized carbons (Fsp3) is 0.500. The van der Waals surface area contributed by atoms with Crippen molar-refractivity contribution >= 4 is 5.91 Å². The van der Waals surface area contributed by atoms with E-state index >= 15 is 0 Å². The van der Waals surface area contributed by atoms with Crippen molar-refractivity contribution in [1.82, 2.24) is 4.90 Å². The van der Waals surface area contributed by atoms with Crippen LogP contribution >= 0.6 is 0 Å². The molecule has 0 radical (unpaired) electrons. The summed E-state index contributed by atoms with van der Waals surface area (Å²) < 4.78 is 4.91. The molecular weight excluding hydrogens is 156 g/mol. The highest BCUT2D eigenvalue weighted by Gasteiger charge is 2.17. The van der Waals surface area contributed by atoms with Crippen LogP contribution in [0, 0.1) is 11.3 Å². The van der Waals surface area contributed by atoms with Crippen molar-refractivity contribution in [1.29, 1.82) is 5.26 Å². The Labute approximate surface area is 71.0 Å². The first-order valence-corrected chi connectivity index (χ1v) is 3.68. The van der Waals surface area contributed by atoms with Gasteiger partial charge in [-0.3, -0.25) is 4.79 Å². The topological polar surface area (TPSA) is 53.3 Å². The molecule has 0 bridgehead atoms. The minimum absolute atomic E-state index is 0.117. The summed E-state index contributed by atoms with van der Waals surface area (Å²) in [5, 5.41) is 8.33. The van der Waals surface area contributed by atoms with E-state index in [2.05, 4.69) is 0 Å². The van der Waals surface area contributed by atoms with Crippen molar-refractivity contribution < 1.29 is 9.53 Å². The zero-order chi connectivity index (χ0) is 8.97. The third kappa shape index (κ3) is 1.76. The van der Waals surface area contributed by atoms with E-state index in [0.717, 1.165) is 0 Å². The van der Waals surface area contributed by atoms with E-state index in [1.165, 1.54) is 11.2 Å². The average Bonchev–Trinajstić information content (AvgIpc) is 2.55. The summed E-state index contributed by atoms with van der Waals surface area (Å²) in [4.78, 5) is 12.7. The number of carbonyl (C=O) groups is 1. The smallest absolute Gasteiger partial charge is 0.253 e. The summed E-state index contributed by atoms with van der Waals surface area (Å²) in [7, 11) is 1.60. The Morgan fingerprint density at radius 3 is 3.17 bits per heavy atom. The first kappa shape index (κ1) is 8.60. The van der Waals surface area contributed by atoms with Crippen molar-refractivity contribution in [2.75, 3.05) is 20.2 Å². The van der Waals surface area contributed by atoms with E-state index in [1.807, 2.05) is 6.07 Å². The maximum absolute atomic E-state index is 11.4. The molecule has 1 aliphatic rings. The van der Waals surface area contributed by atoms with Crippen LogP contribution in [-0.2, 0) is 9.53 Å². The lowest BCUT2D eigenvalue weighted by Crippen LogP contribution is -2.27. The molecule has 0 atom stereocenters. The predicted molar refractivity (Wildman–Crippen MR) is 41.9 cm³/mol. The summed E-state index contributed by atoms with van der Waals surface area (Å²) >= 11 is 0. The minimum atomic E-state index is -0.117. The minimum Gasteiger partial charge on any atom is -0.500 e. The van der Waals surface area contributed by atoms with Gasteiger partial charge in [0.2, 0.25) is 0 Å². The maximum Gasteiger partial charge on any atom is 0.253 e. The summed E-state index contributed by atoms with van der Waals surface area (Å²) in [6, 6.07) is 1.91. The molecule has 0 unspecified atom stereocenters. The van der Waals surface area contributed by atoms with E-state index in [9.17, 15) is 4.79 Å². The van der Waals surface area contributed by atoms with E-state index in [0.29, 0.717) is 18.6 Å². The molecule has 0 spiro atoms. The molecule has 0 aliphatic carbocycles.